The Morgan fingerprint density at radius 1 is 1.17 bits per heavy atom. The minimum Gasteiger partial charge on any atom is -0.493 e. The van der Waals surface area contributed by atoms with E-state index in [2.05, 4.69) is 17.6 Å². The van der Waals surface area contributed by atoms with E-state index in [1.54, 1.807) is 27.0 Å². The molecule has 0 aliphatic carbocycles. The van der Waals surface area contributed by atoms with Crippen molar-refractivity contribution in [3.05, 3.63) is 35.0 Å². The molecule has 0 saturated heterocycles. The average Bonchev–Trinajstić information content (AvgIpc) is 2.69. The van der Waals surface area contributed by atoms with Crippen molar-refractivity contribution in [2.75, 3.05) is 13.7 Å². The van der Waals surface area contributed by atoms with Crippen LogP contribution in [0.1, 0.15) is 65.0 Å². The van der Waals surface area contributed by atoms with Gasteiger partial charge in [0.1, 0.15) is 0 Å². The Hall–Kier alpha value is -2.70. The molecule has 29 heavy (non-hydrogen) atoms. The zero-order valence-corrected chi connectivity index (χ0v) is 18.0. The number of urea groups is 1. The van der Waals surface area contributed by atoms with E-state index in [-0.39, 0.29) is 12.1 Å². The van der Waals surface area contributed by atoms with Gasteiger partial charge >= 0.3 is 12.0 Å². The molecule has 1 atom stereocenters. The van der Waals surface area contributed by atoms with E-state index in [9.17, 15) is 9.59 Å². The summed E-state index contributed by atoms with van der Waals surface area (Å²) in [4.78, 5) is 25.3. The number of methoxy groups -OCH3 is 1. The largest absolute Gasteiger partial charge is 0.493 e. The first kappa shape index (κ1) is 22.6. The van der Waals surface area contributed by atoms with Crippen LogP contribution in [0.3, 0.4) is 0 Å². The summed E-state index contributed by atoms with van der Waals surface area (Å²) < 4.78 is 16.7. The monoisotopic (exact) mass is 404 g/mol. The first-order valence-corrected chi connectivity index (χ1v) is 10.2. The third kappa shape index (κ3) is 5.89. The van der Waals surface area contributed by atoms with Crippen molar-refractivity contribution in [3.63, 3.8) is 0 Å². The number of carbonyl (C=O) groups is 2. The van der Waals surface area contributed by atoms with Crippen molar-refractivity contribution < 1.29 is 23.8 Å². The highest BCUT2D eigenvalue weighted by Gasteiger charge is 2.34. The maximum Gasteiger partial charge on any atom is 0.338 e. The number of esters is 1. The highest BCUT2D eigenvalue weighted by Crippen LogP contribution is 2.35. The van der Waals surface area contributed by atoms with Gasteiger partial charge in [0.05, 0.1) is 31.4 Å². The molecule has 0 fully saturated rings. The molecule has 0 radical (unpaired) electrons. The molecule has 1 heterocycles. The van der Waals surface area contributed by atoms with E-state index in [0.29, 0.717) is 35.8 Å². The molecule has 0 saturated carbocycles. The van der Waals surface area contributed by atoms with Crippen LogP contribution in [0.5, 0.6) is 11.5 Å². The summed E-state index contributed by atoms with van der Waals surface area (Å²) in [6.45, 7) is 8.23. The molecule has 2 N–H and O–H groups in total. The molecule has 1 unspecified atom stereocenters. The number of amides is 2. The van der Waals surface area contributed by atoms with Crippen LogP contribution in [0.15, 0.2) is 29.5 Å². The minimum atomic E-state index is -0.628. The van der Waals surface area contributed by atoms with Gasteiger partial charge in [0.2, 0.25) is 0 Å². The summed E-state index contributed by atoms with van der Waals surface area (Å²) in [6.07, 6.45) is 2.98. The number of carbonyl (C=O) groups excluding carboxylic acids is 2. The lowest BCUT2D eigenvalue weighted by atomic mass is 9.93. The van der Waals surface area contributed by atoms with Crippen LogP contribution in [-0.4, -0.2) is 31.8 Å². The second-order valence-electron chi connectivity index (χ2n) is 7.24. The number of rotatable bonds is 10. The predicted octanol–water partition coefficient (Wildman–Crippen LogP) is 4.23. The van der Waals surface area contributed by atoms with Gasteiger partial charge in [-0.15, -0.1) is 0 Å². The Kier molecular flexibility index (Phi) is 8.36. The fourth-order valence-corrected chi connectivity index (χ4v) is 3.13. The van der Waals surface area contributed by atoms with Gasteiger partial charge in [0.25, 0.3) is 0 Å². The van der Waals surface area contributed by atoms with Gasteiger partial charge in [-0.3, -0.25) is 0 Å². The second-order valence-corrected chi connectivity index (χ2v) is 7.24. The number of unbranched alkanes of at least 4 members (excludes halogenated alkanes) is 1. The van der Waals surface area contributed by atoms with Crippen molar-refractivity contribution in [2.45, 2.75) is 65.5 Å². The van der Waals surface area contributed by atoms with Crippen LogP contribution in [0, 0.1) is 0 Å². The Morgan fingerprint density at radius 2 is 1.93 bits per heavy atom. The smallest absolute Gasteiger partial charge is 0.338 e. The summed E-state index contributed by atoms with van der Waals surface area (Å²) in [5.41, 5.74) is 1.77. The number of ether oxygens (including phenoxy) is 3. The summed E-state index contributed by atoms with van der Waals surface area (Å²) in [6, 6.07) is 4.45. The zero-order chi connectivity index (χ0) is 21.4. The van der Waals surface area contributed by atoms with Crippen LogP contribution in [0.4, 0.5) is 4.79 Å². The summed E-state index contributed by atoms with van der Waals surface area (Å²) in [5, 5.41) is 5.66. The first-order valence-electron chi connectivity index (χ1n) is 10.2. The normalized spacial score (nSPS) is 16.3. The third-order valence-corrected chi connectivity index (χ3v) is 4.48. The van der Waals surface area contributed by atoms with E-state index in [1.165, 1.54) is 0 Å². The molecule has 1 aliphatic heterocycles. The summed E-state index contributed by atoms with van der Waals surface area (Å²) in [7, 11) is 1.58. The molecule has 2 rings (SSSR count). The number of hydrogen-bond donors (Lipinski definition) is 2. The third-order valence-electron chi connectivity index (χ3n) is 4.48. The maximum atomic E-state index is 12.9. The van der Waals surface area contributed by atoms with E-state index in [1.807, 2.05) is 19.1 Å². The van der Waals surface area contributed by atoms with Crippen LogP contribution in [0.2, 0.25) is 0 Å². The van der Waals surface area contributed by atoms with Gasteiger partial charge < -0.3 is 24.8 Å². The fourth-order valence-electron chi connectivity index (χ4n) is 3.13. The molecule has 160 valence electrons. The van der Waals surface area contributed by atoms with E-state index >= 15 is 0 Å². The van der Waals surface area contributed by atoms with E-state index < -0.39 is 12.0 Å². The van der Waals surface area contributed by atoms with Crippen LogP contribution >= 0.6 is 0 Å². The Bertz CT molecular complexity index is 758. The van der Waals surface area contributed by atoms with E-state index in [0.717, 1.165) is 24.8 Å². The Morgan fingerprint density at radius 3 is 2.55 bits per heavy atom. The van der Waals surface area contributed by atoms with Crippen molar-refractivity contribution in [3.8, 4) is 11.5 Å². The summed E-state index contributed by atoms with van der Waals surface area (Å²) in [5.74, 6) is 0.741. The highest BCUT2D eigenvalue weighted by molar-refractivity contribution is 5.95. The molecule has 0 aromatic heterocycles. The van der Waals surface area contributed by atoms with Gasteiger partial charge in [0.15, 0.2) is 11.5 Å². The van der Waals surface area contributed by atoms with Gasteiger partial charge in [-0.05, 0) is 50.8 Å². The van der Waals surface area contributed by atoms with Gasteiger partial charge in [-0.1, -0.05) is 26.3 Å². The number of allylic oxidation sites excluding steroid dienone is 1. The zero-order valence-electron chi connectivity index (χ0n) is 18.0. The van der Waals surface area contributed by atoms with Crippen molar-refractivity contribution in [2.24, 2.45) is 0 Å². The van der Waals surface area contributed by atoms with Crippen LogP contribution < -0.4 is 20.1 Å². The second kappa shape index (κ2) is 10.7. The number of hydrogen-bond acceptors (Lipinski definition) is 5. The lowest BCUT2D eigenvalue weighted by molar-refractivity contribution is -0.143. The topological polar surface area (TPSA) is 85.9 Å². The molecule has 0 spiro atoms. The van der Waals surface area contributed by atoms with E-state index in [4.69, 9.17) is 14.2 Å². The highest BCUT2D eigenvalue weighted by atomic mass is 16.5. The molecule has 0 bridgehead atoms. The van der Waals surface area contributed by atoms with Gasteiger partial charge in [-0.2, -0.15) is 0 Å². The fraction of sp³-hybridized carbons (Fsp3) is 0.545. The molecule has 2 amide bonds. The molecule has 1 aliphatic rings. The number of benzene rings is 1. The van der Waals surface area contributed by atoms with Crippen molar-refractivity contribution >= 4 is 12.0 Å². The van der Waals surface area contributed by atoms with Crippen LogP contribution in [0.25, 0.3) is 0 Å². The Labute approximate surface area is 172 Å². The lowest BCUT2D eigenvalue weighted by Crippen LogP contribution is -2.46. The van der Waals surface area contributed by atoms with Crippen LogP contribution in [-0.2, 0) is 9.53 Å². The molecule has 1 aromatic carbocycles. The van der Waals surface area contributed by atoms with Crippen molar-refractivity contribution in [1.82, 2.24) is 10.6 Å². The minimum absolute atomic E-state index is 0.264. The molecular formula is C22H32N2O5. The molecular weight excluding hydrogens is 372 g/mol. The maximum absolute atomic E-state index is 12.9. The molecule has 7 nitrogen and oxygen atoms in total. The Balaban J connectivity index is 2.50. The standard InChI is InChI=1S/C22H32N2O5/c1-6-8-9-16-19(21(25)29-14(3)4)20(24-22(26)23-16)15-10-11-17(27-5)18(13-15)28-12-7-2/h10-11,13-14,20H,6-9,12H2,1-5H3,(H2,23,24,26). The van der Waals surface area contributed by atoms with Gasteiger partial charge in [0, 0.05) is 5.70 Å². The average molecular weight is 405 g/mol. The molecule has 1 aromatic rings. The molecule has 7 heteroatoms. The summed E-state index contributed by atoms with van der Waals surface area (Å²) >= 11 is 0. The number of nitrogens with one attached hydrogen (secondary N) is 2. The quantitative estimate of drug-likeness (QED) is 0.570. The SMILES string of the molecule is CCCCC1=C(C(=O)OC(C)C)C(c2ccc(OC)c(OCCC)c2)NC(=O)N1. The predicted molar refractivity (Wildman–Crippen MR) is 111 cm³/mol. The lowest BCUT2D eigenvalue weighted by Gasteiger charge is -2.30. The van der Waals surface area contributed by atoms with Crippen molar-refractivity contribution in [1.29, 1.82) is 0 Å². The first-order chi connectivity index (χ1) is 13.9. The van der Waals surface area contributed by atoms with Gasteiger partial charge in [-0.25, -0.2) is 9.59 Å².